The fraction of sp³-hybridized carbons (Fsp3) is 0.450. The van der Waals surface area contributed by atoms with Gasteiger partial charge in [-0.15, -0.1) is 0 Å². The van der Waals surface area contributed by atoms with Gasteiger partial charge in [0.1, 0.15) is 0 Å². The van der Waals surface area contributed by atoms with E-state index in [1.807, 2.05) is 51.6 Å². The van der Waals surface area contributed by atoms with Gasteiger partial charge in [0.15, 0.2) is 0 Å². The SMILES string of the molecule is C=C/C=C\C(C)CCC.CC.CC.CSCc1cc(C)c(-c2cccc3c2CCC3Cc2ccc(C)cc2)c(C)c1. The second-order valence-electron chi connectivity index (χ2n) is 10.7. The summed E-state index contributed by atoms with van der Waals surface area (Å²) in [6.45, 7) is 22.8. The quantitative estimate of drug-likeness (QED) is 0.231. The maximum Gasteiger partial charge on any atom is 0.0181 e. The lowest BCUT2D eigenvalue weighted by Crippen LogP contribution is -2.00. The van der Waals surface area contributed by atoms with Gasteiger partial charge in [0.05, 0.1) is 0 Å². The highest BCUT2D eigenvalue weighted by atomic mass is 32.2. The third-order valence-corrected chi connectivity index (χ3v) is 8.11. The summed E-state index contributed by atoms with van der Waals surface area (Å²) in [5, 5.41) is 0. The molecular weight excluding hydrogens is 513 g/mol. The van der Waals surface area contributed by atoms with Gasteiger partial charge in [-0.1, -0.05) is 133 Å². The largest absolute Gasteiger partial charge is 0.161 e. The molecule has 0 fully saturated rings. The van der Waals surface area contributed by atoms with Crippen LogP contribution in [0.25, 0.3) is 11.1 Å². The van der Waals surface area contributed by atoms with Gasteiger partial charge in [-0.05, 0) is 109 Å². The lowest BCUT2D eigenvalue weighted by molar-refractivity contribution is 0.634. The zero-order chi connectivity index (χ0) is 30.8. The first-order valence-corrected chi connectivity index (χ1v) is 17.3. The van der Waals surface area contributed by atoms with Crippen LogP contribution in [0.4, 0.5) is 0 Å². The van der Waals surface area contributed by atoms with Crippen LogP contribution in [-0.2, 0) is 18.6 Å². The van der Waals surface area contributed by atoms with E-state index < -0.39 is 0 Å². The monoisotopic (exact) mass is 570 g/mol. The van der Waals surface area contributed by atoms with Crippen LogP contribution in [0.2, 0.25) is 0 Å². The van der Waals surface area contributed by atoms with Gasteiger partial charge in [-0.3, -0.25) is 0 Å². The molecule has 2 atom stereocenters. The number of hydrogen-bond donors (Lipinski definition) is 0. The number of thioether (sulfide) groups is 1. The number of allylic oxidation sites excluding steroid dienone is 3. The van der Waals surface area contributed by atoms with Crippen LogP contribution in [0.15, 0.2) is 79.4 Å². The fourth-order valence-electron chi connectivity index (χ4n) is 5.74. The van der Waals surface area contributed by atoms with E-state index >= 15 is 0 Å². The van der Waals surface area contributed by atoms with Gasteiger partial charge in [0.2, 0.25) is 0 Å². The zero-order valence-corrected chi connectivity index (χ0v) is 28.8. The van der Waals surface area contributed by atoms with Gasteiger partial charge in [-0.2, -0.15) is 11.8 Å². The Kier molecular flexibility index (Phi) is 18.2. The minimum atomic E-state index is 0.647. The molecule has 2 unspecified atom stereocenters. The summed E-state index contributed by atoms with van der Waals surface area (Å²) >= 11 is 1.90. The Morgan fingerprint density at radius 3 is 2.12 bits per heavy atom. The fourth-order valence-corrected chi connectivity index (χ4v) is 6.24. The van der Waals surface area contributed by atoms with E-state index in [2.05, 4.69) is 108 Å². The Morgan fingerprint density at radius 2 is 1.56 bits per heavy atom. The van der Waals surface area contributed by atoms with Crippen molar-refractivity contribution < 1.29 is 0 Å². The molecule has 0 aliphatic heterocycles. The van der Waals surface area contributed by atoms with Gasteiger partial charge in [0.25, 0.3) is 0 Å². The van der Waals surface area contributed by atoms with Gasteiger partial charge >= 0.3 is 0 Å². The van der Waals surface area contributed by atoms with Crippen molar-refractivity contribution in [3.63, 3.8) is 0 Å². The maximum atomic E-state index is 3.61. The molecule has 0 saturated carbocycles. The van der Waals surface area contributed by atoms with Crippen LogP contribution in [0.3, 0.4) is 0 Å². The highest BCUT2D eigenvalue weighted by Crippen LogP contribution is 2.42. The normalized spacial score (nSPS) is 14.0. The van der Waals surface area contributed by atoms with Crippen molar-refractivity contribution in [1.29, 1.82) is 0 Å². The van der Waals surface area contributed by atoms with Gasteiger partial charge in [0, 0.05) is 5.75 Å². The average Bonchev–Trinajstić information content (AvgIpc) is 3.39. The molecule has 0 heterocycles. The summed E-state index contributed by atoms with van der Waals surface area (Å²) in [4.78, 5) is 0. The van der Waals surface area contributed by atoms with E-state index in [4.69, 9.17) is 0 Å². The molecule has 41 heavy (non-hydrogen) atoms. The first-order chi connectivity index (χ1) is 19.9. The summed E-state index contributed by atoms with van der Waals surface area (Å²) in [6.07, 6.45) is 14.4. The predicted octanol–water partition coefficient (Wildman–Crippen LogP) is 12.6. The Bertz CT molecular complexity index is 1160. The van der Waals surface area contributed by atoms with Crippen molar-refractivity contribution in [3.8, 4) is 11.1 Å². The molecular formula is C40H58S. The molecule has 0 radical (unpaired) electrons. The number of rotatable bonds is 9. The number of aryl methyl sites for hydroxylation is 3. The molecule has 0 nitrogen and oxygen atoms in total. The van der Waals surface area contributed by atoms with E-state index in [0.29, 0.717) is 11.8 Å². The Morgan fingerprint density at radius 1 is 0.927 bits per heavy atom. The van der Waals surface area contributed by atoms with Crippen LogP contribution in [0.5, 0.6) is 0 Å². The van der Waals surface area contributed by atoms with Crippen molar-refractivity contribution >= 4 is 11.8 Å². The molecule has 1 heteroatoms. The van der Waals surface area contributed by atoms with Gasteiger partial charge < -0.3 is 0 Å². The molecule has 4 rings (SSSR count). The number of fused-ring (bicyclic) bond motifs is 1. The third kappa shape index (κ3) is 11.4. The Hall–Kier alpha value is -2.51. The smallest absolute Gasteiger partial charge is 0.0181 e. The molecule has 1 aliphatic rings. The Balaban J connectivity index is 0.000000551. The lowest BCUT2D eigenvalue weighted by atomic mass is 9.88. The van der Waals surface area contributed by atoms with Crippen molar-refractivity contribution in [3.05, 3.63) is 118 Å². The highest BCUT2D eigenvalue weighted by molar-refractivity contribution is 7.97. The molecule has 0 aromatic heterocycles. The molecule has 0 saturated heterocycles. The summed E-state index contributed by atoms with van der Waals surface area (Å²) in [7, 11) is 0. The third-order valence-electron chi connectivity index (χ3n) is 7.49. The minimum Gasteiger partial charge on any atom is -0.161 e. The van der Waals surface area contributed by atoms with Crippen LogP contribution >= 0.6 is 11.8 Å². The minimum absolute atomic E-state index is 0.647. The summed E-state index contributed by atoms with van der Waals surface area (Å²) in [6, 6.07) is 20.8. The van der Waals surface area contributed by atoms with E-state index in [9.17, 15) is 0 Å². The van der Waals surface area contributed by atoms with Crippen LogP contribution in [0.1, 0.15) is 106 Å². The molecule has 0 N–H and O–H groups in total. The molecule has 3 aromatic carbocycles. The standard InChI is InChI=1S/C27H30S.C9H16.2C2H6/c1-18-8-10-21(11-9-18)16-23-12-13-25-24(23)6-5-7-26(25)27-19(2)14-22(17-28-4)15-20(27)3;1-4-6-8-9(3)7-5-2;2*1-2/h5-11,14-15,23H,12-13,16-17H2,1-4H3;4,6,8-9H,1,5,7H2,2-3H3;2*1-2H3/b;8-6-;;. The molecule has 0 spiro atoms. The topological polar surface area (TPSA) is 0 Å². The molecule has 1 aliphatic carbocycles. The lowest BCUT2D eigenvalue weighted by Gasteiger charge is -2.17. The van der Waals surface area contributed by atoms with Crippen molar-refractivity contribution in [1.82, 2.24) is 0 Å². The maximum absolute atomic E-state index is 3.61. The molecule has 0 bridgehead atoms. The Labute approximate surface area is 258 Å². The summed E-state index contributed by atoms with van der Waals surface area (Å²) in [5.41, 5.74) is 13.2. The molecule has 224 valence electrons. The zero-order valence-electron chi connectivity index (χ0n) is 27.9. The second-order valence-corrected chi connectivity index (χ2v) is 11.6. The predicted molar refractivity (Wildman–Crippen MR) is 191 cm³/mol. The van der Waals surface area contributed by atoms with Crippen molar-refractivity contribution in [2.45, 2.75) is 106 Å². The summed E-state index contributed by atoms with van der Waals surface area (Å²) in [5.74, 6) is 2.45. The van der Waals surface area contributed by atoms with Gasteiger partial charge in [-0.25, -0.2) is 0 Å². The second kappa shape index (κ2) is 20.4. The summed E-state index contributed by atoms with van der Waals surface area (Å²) < 4.78 is 0. The molecule has 3 aromatic rings. The number of hydrogen-bond acceptors (Lipinski definition) is 1. The first-order valence-electron chi connectivity index (χ1n) is 15.9. The highest BCUT2D eigenvalue weighted by Gasteiger charge is 2.26. The molecule has 0 amide bonds. The van der Waals surface area contributed by atoms with Crippen LogP contribution in [0, 0.1) is 26.7 Å². The van der Waals surface area contributed by atoms with E-state index in [1.54, 1.807) is 11.1 Å². The first kappa shape index (κ1) is 36.5. The van der Waals surface area contributed by atoms with E-state index in [0.717, 1.165) is 12.2 Å². The van der Waals surface area contributed by atoms with Crippen LogP contribution < -0.4 is 0 Å². The number of benzene rings is 3. The van der Waals surface area contributed by atoms with Crippen LogP contribution in [-0.4, -0.2) is 6.26 Å². The van der Waals surface area contributed by atoms with Crippen molar-refractivity contribution in [2.75, 3.05) is 6.26 Å². The van der Waals surface area contributed by atoms with E-state index in [1.165, 1.54) is 64.6 Å². The van der Waals surface area contributed by atoms with E-state index in [-0.39, 0.29) is 0 Å². The average molecular weight is 571 g/mol. The van der Waals surface area contributed by atoms with Crippen molar-refractivity contribution in [2.24, 2.45) is 5.92 Å².